The van der Waals surface area contributed by atoms with E-state index in [9.17, 15) is 8.42 Å². The van der Waals surface area contributed by atoms with E-state index in [1.54, 1.807) is 12.1 Å². The Morgan fingerprint density at radius 2 is 1.81 bits per heavy atom. The summed E-state index contributed by atoms with van der Waals surface area (Å²) in [6, 6.07) is 15.6. The summed E-state index contributed by atoms with van der Waals surface area (Å²) in [6.07, 6.45) is 0. The van der Waals surface area contributed by atoms with Gasteiger partial charge in [-0.05, 0) is 36.8 Å². The van der Waals surface area contributed by atoms with Gasteiger partial charge in [0.2, 0.25) is 0 Å². The molecule has 1 fully saturated rings. The standard InChI is InChI=1S/C19H20ClNO3S2/c1-2-24-12-19(18(21)25)16(13-6-4-3-5-7-13)17(19)26(22,23)15-10-8-14(20)9-11-15/h3-11,16-17H,2,12H2,1H3,(H2,21,25)/t16-,17+,19-/m1/s1. The molecule has 7 heteroatoms. The predicted octanol–water partition coefficient (Wildman–Crippen LogP) is 3.59. The molecule has 1 aliphatic rings. The first-order chi connectivity index (χ1) is 12.4. The Hall–Kier alpha value is -1.47. The summed E-state index contributed by atoms with van der Waals surface area (Å²) in [5.74, 6) is -0.339. The van der Waals surface area contributed by atoms with Gasteiger partial charge in [-0.3, -0.25) is 0 Å². The van der Waals surface area contributed by atoms with Crippen molar-refractivity contribution in [1.82, 2.24) is 0 Å². The molecule has 2 aromatic carbocycles. The van der Waals surface area contributed by atoms with Crippen molar-refractivity contribution in [2.24, 2.45) is 11.1 Å². The highest BCUT2D eigenvalue weighted by atomic mass is 35.5. The fourth-order valence-electron chi connectivity index (χ4n) is 3.57. The molecule has 26 heavy (non-hydrogen) atoms. The first-order valence-corrected chi connectivity index (χ1v) is 10.6. The highest BCUT2D eigenvalue weighted by molar-refractivity contribution is 7.92. The second-order valence-electron chi connectivity index (χ2n) is 6.35. The van der Waals surface area contributed by atoms with Crippen molar-refractivity contribution in [2.75, 3.05) is 13.2 Å². The lowest BCUT2D eigenvalue weighted by Crippen LogP contribution is -2.33. The van der Waals surface area contributed by atoms with Gasteiger partial charge in [0.1, 0.15) is 0 Å². The van der Waals surface area contributed by atoms with Crippen molar-refractivity contribution in [3.8, 4) is 0 Å². The highest BCUT2D eigenvalue weighted by Gasteiger charge is 2.73. The van der Waals surface area contributed by atoms with Gasteiger partial charge in [-0.15, -0.1) is 0 Å². The van der Waals surface area contributed by atoms with E-state index in [2.05, 4.69) is 0 Å². The topological polar surface area (TPSA) is 69.4 Å². The van der Waals surface area contributed by atoms with Crippen LogP contribution >= 0.6 is 23.8 Å². The number of hydrogen-bond acceptors (Lipinski definition) is 4. The van der Waals surface area contributed by atoms with Crippen LogP contribution in [0.25, 0.3) is 0 Å². The predicted molar refractivity (Wildman–Crippen MR) is 107 cm³/mol. The molecule has 1 saturated carbocycles. The molecule has 3 atom stereocenters. The molecule has 0 amide bonds. The summed E-state index contributed by atoms with van der Waals surface area (Å²) in [5.41, 5.74) is 6.04. The highest BCUT2D eigenvalue weighted by Crippen LogP contribution is 2.64. The van der Waals surface area contributed by atoms with Crippen molar-refractivity contribution >= 4 is 38.6 Å². The maximum absolute atomic E-state index is 13.4. The van der Waals surface area contributed by atoms with Crippen LogP contribution in [0.3, 0.4) is 0 Å². The monoisotopic (exact) mass is 409 g/mol. The van der Waals surface area contributed by atoms with Crippen LogP contribution in [0.15, 0.2) is 59.5 Å². The third-order valence-electron chi connectivity index (χ3n) is 4.90. The largest absolute Gasteiger partial charge is 0.393 e. The maximum Gasteiger partial charge on any atom is 0.182 e. The lowest BCUT2D eigenvalue weighted by Gasteiger charge is -2.17. The van der Waals surface area contributed by atoms with E-state index < -0.39 is 20.5 Å². The maximum atomic E-state index is 13.4. The number of ether oxygens (including phenoxy) is 1. The molecule has 0 bridgehead atoms. The average Bonchev–Trinajstić information content (AvgIpc) is 3.32. The minimum Gasteiger partial charge on any atom is -0.393 e. The Balaban J connectivity index is 2.09. The van der Waals surface area contributed by atoms with Crippen LogP contribution in [0.5, 0.6) is 0 Å². The third-order valence-corrected chi connectivity index (χ3v) is 7.82. The summed E-state index contributed by atoms with van der Waals surface area (Å²) in [7, 11) is -3.67. The molecular formula is C19H20ClNO3S2. The Morgan fingerprint density at radius 1 is 1.19 bits per heavy atom. The van der Waals surface area contributed by atoms with E-state index in [1.165, 1.54) is 12.1 Å². The molecule has 2 N–H and O–H groups in total. The fourth-order valence-corrected chi connectivity index (χ4v) is 6.47. The van der Waals surface area contributed by atoms with Crippen molar-refractivity contribution in [3.63, 3.8) is 0 Å². The molecule has 138 valence electrons. The zero-order chi connectivity index (χ0) is 18.9. The molecule has 2 aromatic rings. The van der Waals surface area contributed by atoms with Gasteiger partial charge in [0.15, 0.2) is 9.84 Å². The molecule has 0 heterocycles. The summed E-state index contributed by atoms with van der Waals surface area (Å²) in [4.78, 5) is 0.379. The molecule has 4 nitrogen and oxygen atoms in total. The second-order valence-corrected chi connectivity index (χ2v) is 9.30. The molecule has 0 aliphatic heterocycles. The zero-order valence-electron chi connectivity index (χ0n) is 14.3. The number of rotatable bonds is 7. The molecule has 3 rings (SSSR count). The molecular weight excluding hydrogens is 390 g/mol. The van der Waals surface area contributed by atoms with Gasteiger partial charge in [-0.2, -0.15) is 0 Å². The zero-order valence-corrected chi connectivity index (χ0v) is 16.7. The Morgan fingerprint density at radius 3 is 2.35 bits per heavy atom. The number of nitrogens with two attached hydrogens (primary N) is 1. The number of benzene rings is 2. The van der Waals surface area contributed by atoms with E-state index >= 15 is 0 Å². The minimum absolute atomic E-state index is 0.169. The molecule has 0 saturated heterocycles. The van der Waals surface area contributed by atoms with Crippen LogP contribution in [0.4, 0.5) is 0 Å². The lowest BCUT2D eigenvalue weighted by molar-refractivity contribution is 0.121. The van der Waals surface area contributed by atoms with Gasteiger partial charge < -0.3 is 10.5 Å². The number of thiocarbonyl (C=S) groups is 1. The van der Waals surface area contributed by atoms with Crippen LogP contribution in [-0.4, -0.2) is 31.9 Å². The van der Waals surface area contributed by atoms with Crippen LogP contribution < -0.4 is 5.73 Å². The first-order valence-electron chi connectivity index (χ1n) is 8.27. The van der Waals surface area contributed by atoms with E-state index in [0.29, 0.717) is 11.6 Å². The van der Waals surface area contributed by atoms with Crippen molar-refractivity contribution in [3.05, 3.63) is 65.2 Å². The van der Waals surface area contributed by atoms with Crippen LogP contribution in [-0.2, 0) is 14.6 Å². The Kier molecular flexibility index (Phi) is 5.40. The van der Waals surface area contributed by atoms with Crippen LogP contribution in [0.2, 0.25) is 5.02 Å². The van der Waals surface area contributed by atoms with Crippen molar-refractivity contribution in [2.45, 2.75) is 23.0 Å². The van der Waals surface area contributed by atoms with E-state index in [4.69, 9.17) is 34.3 Å². The summed E-state index contributed by atoms with van der Waals surface area (Å²) in [5, 5.41) is -0.281. The SMILES string of the molecule is CCOC[C@@]1(C(N)=S)[C@H](c2ccccc2)[C@@H]1S(=O)(=O)c1ccc(Cl)cc1. The van der Waals surface area contributed by atoms with Gasteiger partial charge in [-0.1, -0.05) is 54.2 Å². The van der Waals surface area contributed by atoms with Gasteiger partial charge in [0, 0.05) is 17.5 Å². The Labute approximate surface area is 164 Å². The molecule has 0 spiro atoms. The summed E-state index contributed by atoms with van der Waals surface area (Å²) < 4.78 is 32.3. The second kappa shape index (κ2) is 7.27. The van der Waals surface area contributed by atoms with Gasteiger partial charge in [0.25, 0.3) is 0 Å². The molecule has 0 aromatic heterocycles. The minimum atomic E-state index is -3.67. The quantitative estimate of drug-likeness (QED) is 0.707. The molecule has 0 radical (unpaired) electrons. The number of hydrogen-bond donors (Lipinski definition) is 1. The lowest BCUT2D eigenvalue weighted by atomic mass is 10.00. The first kappa shape index (κ1) is 19.3. The van der Waals surface area contributed by atoms with Crippen LogP contribution in [0, 0.1) is 5.41 Å². The third kappa shape index (κ3) is 3.16. The van der Waals surface area contributed by atoms with Gasteiger partial charge in [0.05, 0.1) is 27.2 Å². The number of halogens is 1. The fraction of sp³-hybridized carbons (Fsp3) is 0.316. The van der Waals surface area contributed by atoms with Gasteiger partial charge in [-0.25, -0.2) is 8.42 Å². The van der Waals surface area contributed by atoms with E-state index in [1.807, 2.05) is 37.3 Å². The van der Waals surface area contributed by atoms with Crippen molar-refractivity contribution in [1.29, 1.82) is 0 Å². The van der Waals surface area contributed by atoms with Crippen molar-refractivity contribution < 1.29 is 13.2 Å². The average molecular weight is 410 g/mol. The molecule has 1 aliphatic carbocycles. The molecule has 0 unspecified atom stereocenters. The normalized spacial score (nSPS) is 25.0. The Bertz CT molecular complexity index is 900. The number of sulfone groups is 1. The summed E-state index contributed by atoms with van der Waals surface area (Å²) in [6.45, 7) is 2.49. The van der Waals surface area contributed by atoms with Crippen LogP contribution in [0.1, 0.15) is 18.4 Å². The van der Waals surface area contributed by atoms with Gasteiger partial charge >= 0.3 is 0 Å². The summed E-state index contributed by atoms with van der Waals surface area (Å²) >= 11 is 11.2. The van der Waals surface area contributed by atoms with E-state index in [-0.39, 0.29) is 22.4 Å². The van der Waals surface area contributed by atoms with E-state index in [0.717, 1.165) is 5.56 Å². The smallest absolute Gasteiger partial charge is 0.182 e.